The van der Waals surface area contributed by atoms with Gasteiger partial charge in [0.2, 0.25) is 5.88 Å². The molecule has 0 bridgehead atoms. The Hall–Kier alpha value is -4.31. The van der Waals surface area contributed by atoms with E-state index in [1.165, 1.54) is 53.0 Å². The van der Waals surface area contributed by atoms with E-state index in [1.54, 1.807) is 42.5 Å². The van der Waals surface area contributed by atoms with Crippen LogP contribution < -0.4 is 24.3 Å². The number of allylic oxidation sites excluding steroid dienone is 1. The first-order valence-corrected chi connectivity index (χ1v) is 12.8. The number of pyridine rings is 1. The molecule has 0 unspecified atom stereocenters. The van der Waals surface area contributed by atoms with Gasteiger partial charge in [0.05, 0.1) is 39.8 Å². The molecule has 1 heterocycles. The van der Waals surface area contributed by atoms with E-state index >= 15 is 0 Å². The van der Waals surface area contributed by atoms with E-state index in [0.29, 0.717) is 39.6 Å². The standard InChI is InChI=1S/C27H28N2O7S/c1-33-21-15-25(34-2)22(26(16-21)35-3)11-13-37(31,32)18-19-14-23(27(36-4)29-17-19)28-12-10-24(30)20-8-6-5-7-9-20/h5-17,28H,18H2,1-4H3/b12-10+,13-11+. The molecule has 0 spiro atoms. The molecule has 0 saturated carbocycles. The molecule has 0 aliphatic carbocycles. The maximum Gasteiger partial charge on any atom is 0.237 e. The van der Waals surface area contributed by atoms with Gasteiger partial charge in [-0.15, -0.1) is 0 Å². The van der Waals surface area contributed by atoms with Crippen LogP contribution in [0.25, 0.3) is 6.08 Å². The molecule has 0 aliphatic rings. The van der Waals surface area contributed by atoms with E-state index in [2.05, 4.69) is 10.3 Å². The number of rotatable bonds is 12. The van der Waals surface area contributed by atoms with E-state index < -0.39 is 9.84 Å². The summed E-state index contributed by atoms with van der Waals surface area (Å²) in [7, 11) is 2.19. The van der Waals surface area contributed by atoms with Crippen LogP contribution in [0, 0.1) is 0 Å². The van der Waals surface area contributed by atoms with Gasteiger partial charge in [0.15, 0.2) is 15.6 Å². The molecule has 1 aromatic heterocycles. The number of methoxy groups -OCH3 is 4. The summed E-state index contributed by atoms with van der Waals surface area (Å²) in [6, 6.07) is 13.7. The van der Waals surface area contributed by atoms with Gasteiger partial charge < -0.3 is 24.3 Å². The van der Waals surface area contributed by atoms with E-state index in [4.69, 9.17) is 18.9 Å². The smallest absolute Gasteiger partial charge is 0.237 e. The third kappa shape index (κ3) is 7.34. The van der Waals surface area contributed by atoms with E-state index in [1.807, 2.05) is 6.07 Å². The molecular formula is C27H28N2O7S. The van der Waals surface area contributed by atoms with Gasteiger partial charge in [0.25, 0.3) is 0 Å². The monoisotopic (exact) mass is 524 g/mol. The Morgan fingerprint density at radius 1 is 0.946 bits per heavy atom. The lowest BCUT2D eigenvalue weighted by atomic mass is 10.1. The Labute approximate surface area is 216 Å². The largest absolute Gasteiger partial charge is 0.496 e. The highest BCUT2D eigenvalue weighted by molar-refractivity contribution is 7.93. The van der Waals surface area contributed by atoms with Crippen molar-refractivity contribution in [3.63, 3.8) is 0 Å². The second-order valence-electron chi connectivity index (χ2n) is 7.66. The van der Waals surface area contributed by atoms with Gasteiger partial charge in [-0.3, -0.25) is 4.79 Å². The van der Waals surface area contributed by atoms with Gasteiger partial charge in [0.1, 0.15) is 22.9 Å². The minimum atomic E-state index is -3.71. The molecular weight excluding hydrogens is 496 g/mol. The molecule has 37 heavy (non-hydrogen) atoms. The quantitative estimate of drug-likeness (QED) is 0.270. The van der Waals surface area contributed by atoms with Gasteiger partial charge in [-0.05, 0) is 17.7 Å². The number of nitrogens with one attached hydrogen (secondary N) is 1. The molecule has 2 aromatic carbocycles. The Morgan fingerprint density at radius 3 is 2.22 bits per heavy atom. The van der Waals surface area contributed by atoms with Crippen LogP contribution in [0.1, 0.15) is 21.5 Å². The first kappa shape index (κ1) is 27.3. The molecule has 0 atom stereocenters. The summed E-state index contributed by atoms with van der Waals surface area (Å²) in [5.74, 6) is 1.06. The van der Waals surface area contributed by atoms with Crippen LogP contribution >= 0.6 is 0 Å². The third-order valence-corrected chi connectivity index (χ3v) is 6.48. The summed E-state index contributed by atoms with van der Waals surface area (Å²) in [5.41, 5.74) is 1.83. The van der Waals surface area contributed by atoms with Crippen LogP contribution in [-0.2, 0) is 15.6 Å². The number of hydrogen-bond acceptors (Lipinski definition) is 9. The molecule has 10 heteroatoms. The second-order valence-corrected chi connectivity index (χ2v) is 9.55. The molecule has 3 rings (SSSR count). The lowest BCUT2D eigenvalue weighted by Crippen LogP contribution is -2.04. The average molecular weight is 525 g/mol. The minimum Gasteiger partial charge on any atom is -0.496 e. The summed E-state index contributed by atoms with van der Waals surface area (Å²) >= 11 is 0. The van der Waals surface area contributed by atoms with Crippen LogP contribution in [-0.4, -0.2) is 47.6 Å². The fourth-order valence-corrected chi connectivity index (χ4v) is 4.46. The van der Waals surface area contributed by atoms with E-state index in [0.717, 1.165) is 5.41 Å². The third-order valence-electron chi connectivity index (χ3n) is 5.20. The summed E-state index contributed by atoms with van der Waals surface area (Å²) in [4.78, 5) is 16.5. The zero-order valence-electron chi connectivity index (χ0n) is 20.9. The predicted molar refractivity (Wildman–Crippen MR) is 142 cm³/mol. The average Bonchev–Trinajstić information content (AvgIpc) is 2.91. The van der Waals surface area contributed by atoms with Gasteiger partial charge in [0, 0.05) is 41.6 Å². The van der Waals surface area contributed by atoms with E-state index in [-0.39, 0.29) is 17.4 Å². The van der Waals surface area contributed by atoms with Crippen molar-refractivity contribution < 1.29 is 32.2 Å². The lowest BCUT2D eigenvalue weighted by Gasteiger charge is -2.12. The van der Waals surface area contributed by atoms with Gasteiger partial charge >= 0.3 is 0 Å². The zero-order valence-corrected chi connectivity index (χ0v) is 21.7. The predicted octanol–water partition coefficient (Wildman–Crippen LogP) is 4.51. The SMILES string of the molecule is COc1cc(OC)c(/C=C/S(=O)(=O)Cc2cnc(OC)c(N/C=C/C(=O)c3ccccc3)c2)c(OC)c1. The number of aromatic nitrogens is 1. The van der Waals surface area contributed by atoms with Crippen LogP contribution in [0.2, 0.25) is 0 Å². The molecule has 3 aromatic rings. The van der Waals surface area contributed by atoms with Crippen molar-refractivity contribution in [3.8, 4) is 23.1 Å². The minimum absolute atomic E-state index is 0.187. The van der Waals surface area contributed by atoms with Crippen molar-refractivity contribution in [2.75, 3.05) is 33.8 Å². The number of carbonyl (C=O) groups is 1. The van der Waals surface area contributed by atoms with Crippen molar-refractivity contribution in [1.29, 1.82) is 0 Å². The number of ether oxygens (including phenoxy) is 4. The first-order chi connectivity index (χ1) is 17.8. The summed E-state index contributed by atoms with van der Waals surface area (Å²) in [5, 5.41) is 4.04. The topological polar surface area (TPSA) is 113 Å². The fourth-order valence-electron chi connectivity index (χ4n) is 3.40. The molecule has 0 fully saturated rings. The Morgan fingerprint density at radius 2 is 1.62 bits per heavy atom. The molecule has 9 nitrogen and oxygen atoms in total. The van der Waals surface area contributed by atoms with Crippen molar-refractivity contribution in [1.82, 2.24) is 4.98 Å². The normalized spacial score (nSPS) is 11.5. The van der Waals surface area contributed by atoms with Crippen LogP contribution in [0.15, 0.2) is 72.4 Å². The van der Waals surface area contributed by atoms with Crippen molar-refractivity contribution in [2.45, 2.75) is 5.75 Å². The number of hydrogen-bond donors (Lipinski definition) is 1. The first-order valence-electron chi connectivity index (χ1n) is 11.1. The molecule has 0 saturated heterocycles. The van der Waals surface area contributed by atoms with Crippen LogP contribution in [0.4, 0.5) is 5.69 Å². The number of carbonyl (C=O) groups excluding carboxylic acids is 1. The van der Waals surface area contributed by atoms with Gasteiger partial charge in [-0.1, -0.05) is 30.3 Å². The van der Waals surface area contributed by atoms with Crippen LogP contribution in [0.5, 0.6) is 23.1 Å². The highest BCUT2D eigenvalue weighted by atomic mass is 32.2. The maximum atomic E-state index is 12.9. The molecule has 0 amide bonds. The number of sulfone groups is 1. The zero-order chi connectivity index (χ0) is 26.8. The molecule has 1 N–H and O–H groups in total. The van der Waals surface area contributed by atoms with E-state index in [9.17, 15) is 13.2 Å². The Bertz CT molecular complexity index is 1380. The number of nitrogens with zero attached hydrogens (tertiary/aromatic N) is 1. The molecule has 0 radical (unpaired) electrons. The second kappa shape index (κ2) is 12.6. The summed E-state index contributed by atoms with van der Waals surface area (Å²) < 4.78 is 47.0. The number of benzene rings is 2. The van der Waals surface area contributed by atoms with Crippen molar-refractivity contribution >= 4 is 27.4 Å². The number of anilines is 1. The lowest BCUT2D eigenvalue weighted by molar-refractivity contribution is 0.104. The molecule has 194 valence electrons. The van der Waals surface area contributed by atoms with Gasteiger partial charge in [-0.25, -0.2) is 13.4 Å². The fraction of sp³-hybridized carbons (Fsp3) is 0.185. The highest BCUT2D eigenvalue weighted by Gasteiger charge is 2.15. The summed E-state index contributed by atoms with van der Waals surface area (Å²) in [6.07, 6.45) is 5.66. The highest BCUT2D eigenvalue weighted by Crippen LogP contribution is 2.35. The van der Waals surface area contributed by atoms with Gasteiger partial charge in [-0.2, -0.15) is 0 Å². The van der Waals surface area contributed by atoms with Crippen LogP contribution in [0.3, 0.4) is 0 Å². The van der Waals surface area contributed by atoms with Crippen molar-refractivity contribution in [2.24, 2.45) is 0 Å². The summed E-state index contributed by atoms with van der Waals surface area (Å²) in [6.45, 7) is 0. The maximum absolute atomic E-state index is 12.9. The number of ketones is 1. The molecule has 0 aliphatic heterocycles. The Kier molecular flexibility index (Phi) is 9.28. The van der Waals surface area contributed by atoms with Crippen molar-refractivity contribution in [3.05, 3.63) is 89.1 Å². The Balaban J connectivity index is 1.79.